The molecule has 0 spiro atoms. The molecule has 8 heteroatoms. The third kappa shape index (κ3) is 5.35. The number of esters is 1. The first kappa shape index (κ1) is 14.4. The minimum atomic E-state index is -5.15. The Morgan fingerprint density at radius 2 is 1.94 bits per heavy atom. The number of nitrogens with two attached hydrogens (primary N) is 1. The molecule has 5 nitrogen and oxygen atoms in total. The van der Waals surface area contributed by atoms with Gasteiger partial charge < -0.3 is 15.8 Å². The molecule has 0 aliphatic carbocycles. The molecule has 0 unspecified atom stereocenters. The van der Waals surface area contributed by atoms with Crippen LogP contribution < -0.4 is 11.1 Å². The van der Waals surface area contributed by atoms with E-state index in [1.165, 1.54) is 0 Å². The van der Waals surface area contributed by atoms with Crippen LogP contribution in [0.25, 0.3) is 0 Å². The van der Waals surface area contributed by atoms with Crippen LogP contribution in [0.5, 0.6) is 0 Å². The van der Waals surface area contributed by atoms with Gasteiger partial charge in [0.2, 0.25) is 0 Å². The molecule has 0 rings (SSSR count). The summed E-state index contributed by atoms with van der Waals surface area (Å²) in [5.74, 6) is -4.36. The van der Waals surface area contributed by atoms with Gasteiger partial charge in [-0.25, -0.2) is 4.79 Å². The van der Waals surface area contributed by atoms with Crippen molar-refractivity contribution in [1.82, 2.24) is 5.32 Å². The van der Waals surface area contributed by atoms with Crippen molar-refractivity contribution in [2.45, 2.75) is 12.6 Å². The lowest BCUT2D eigenvalue weighted by Gasteiger charge is -2.09. The van der Waals surface area contributed by atoms with Gasteiger partial charge in [-0.2, -0.15) is 13.2 Å². The predicted octanol–water partition coefficient (Wildman–Crippen LogP) is 0.0706. The number of hydrogen-bond donors (Lipinski definition) is 2. The van der Waals surface area contributed by atoms with Crippen LogP contribution in [0.4, 0.5) is 13.2 Å². The molecule has 0 aromatic rings. The molecular weight excluding hydrogens is 229 g/mol. The van der Waals surface area contributed by atoms with Crippen LogP contribution >= 0.6 is 0 Å². The number of carbonyl (C=O) groups is 2. The van der Waals surface area contributed by atoms with E-state index in [4.69, 9.17) is 5.73 Å². The molecule has 0 bridgehead atoms. The molecule has 0 heterocycles. The maximum absolute atomic E-state index is 11.7. The van der Waals surface area contributed by atoms with Crippen LogP contribution in [0.15, 0.2) is 12.3 Å². The zero-order chi connectivity index (χ0) is 12.8. The summed E-state index contributed by atoms with van der Waals surface area (Å²) in [6.45, 7) is 3.38. The van der Waals surface area contributed by atoms with Gasteiger partial charge in [-0.15, -0.1) is 0 Å². The van der Waals surface area contributed by atoms with Crippen molar-refractivity contribution < 1.29 is 27.5 Å². The SMILES string of the molecule is C=C(OC(=O)C(F)(F)F)C(=O)NCCCN. The molecule has 0 atom stereocenters. The Bertz CT molecular complexity index is 289. The number of hydrogen-bond acceptors (Lipinski definition) is 4. The van der Waals surface area contributed by atoms with Crippen molar-refractivity contribution in [2.24, 2.45) is 5.73 Å². The lowest BCUT2D eigenvalue weighted by molar-refractivity contribution is -0.195. The third-order valence-corrected chi connectivity index (χ3v) is 1.37. The monoisotopic (exact) mass is 240 g/mol. The van der Waals surface area contributed by atoms with Crippen molar-refractivity contribution in [3.05, 3.63) is 12.3 Å². The molecule has 1 amide bonds. The van der Waals surface area contributed by atoms with Gasteiger partial charge in [0, 0.05) is 6.54 Å². The topological polar surface area (TPSA) is 81.4 Å². The van der Waals surface area contributed by atoms with Gasteiger partial charge in [-0.3, -0.25) is 4.79 Å². The second-order valence-electron chi connectivity index (χ2n) is 2.71. The maximum atomic E-state index is 11.7. The first-order valence-corrected chi connectivity index (χ1v) is 4.25. The molecule has 0 aliphatic rings. The largest absolute Gasteiger partial charge is 0.491 e. The highest BCUT2D eigenvalue weighted by Crippen LogP contribution is 2.17. The summed E-state index contributed by atoms with van der Waals surface area (Å²) in [6, 6.07) is 0. The standard InChI is InChI=1S/C8H11F3N2O3/c1-5(6(14)13-4-2-3-12)16-7(15)8(9,10)11/h1-4,12H2,(H,13,14). The van der Waals surface area contributed by atoms with E-state index in [-0.39, 0.29) is 6.54 Å². The molecule has 0 aromatic carbocycles. The van der Waals surface area contributed by atoms with Crippen molar-refractivity contribution in [1.29, 1.82) is 0 Å². The molecule has 92 valence electrons. The molecule has 0 saturated carbocycles. The van der Waals surface area contributed by atoms with Crippen LogP contribution in [-0.4, -0.2) is 31.1 Å². The molecular formula is C8H11F3N2O3. The zero-order valence-electron chi connectivity index (χ0n) is 8.26. The van der Waals surface area contributed by atoms with E-state index in [0.29, 0.717) is 13.0 Å². The average molecular weight is 240 g/mol. The minimum absolute atomic E-state index is 0.165. The Balaban J connectivity index is 4.07. The van der Waals surface area contributed by atoms with E-state index < -0.39 is 23.8 Å². The Morgan fingerprint density at radius 3 is 2.38 bits per heavy atom. The number of rotatable bonds is 5. The molecule has 0 aromatic heterocycles. The van der Waals surface area contributed by atoms with Gasteiger partial charge in [0.05, 0.1) is 0 Å². The fourth-order valence-corrected chi connectivity index (χ4v) is 0.619. The highest BCUT2D eigenvalue weighted by Gasteiger charge is 2.42. The van der Waals surface area contributed by atoms with Gasteiger partial charge in [0.25, 0.3) is 5.91 Å². The Hall–Kier alpha value is -1.57. The second-order valence-corrected chi connectivity index (χ2v) is 2.71. The number of alkyl halides is 3. The highest BCUT2D eigenvalue weighted by atomic mass is 19.4. The Morgan fingerprint density at radius 1 is 1.38 bits per heavy atom. The fourth-order valence-electron chi connectivity index (χ4n) is 0.619. The molecule has 0 aliphatic heterocycles. The predicted molar refractivity (Wildman–Crippen MR) is 48.0 cm³/mol. The lowest BCUT2D eigenvalue weighted by Crippen LogP contribution is -2.32. The van der Waals surface area contributed by atoms with Crippen LogP contribution in [-0.2, 0) is 14.3 Å². The quantitative estimate of drug-likeness (QED) is 0.308. The summed E-state index contributed by atoms with van der Waals surface area (Å²) in [5, 5.41) is 2.18. The van der Waals surface area contributed by atoms with E-state index in [1.54, 1.807) is 0 Å². The van der Waals surface area contributed by atoms with Gasteiger partial charge in [-0.1, -0.05) is 6.58 Å². The summed E-state index contributed by atoms with van der Waals surface area (Å²) in [7, 11) is 0. The van der Waals surface area contributed by atoms with Crippen molar-refractivity contribution in [3.8, 4) is 0 Å². The summed E-state index contributed by atoms with van der Waals surface area (Å²) in [5.41, 5.74) is 5.12. The van der Waals surface area contributed by atoms with Gasteiger partial charge >= 0.3 is 12.1 Å². The van der Waals surface area contributed by atoms with Gasteiger partial charge in [-0.05, 0) is 13.0 Å². The van der Waals surface area contributed by atoms with E-state index in [2.05, 4.69) is 16.6 Å². The zero-order valence-corrected chi connectivity index (χ0v) is 8.26. The summed E-state index contributed by atoms with van der Waals surface area (Å²) < 4.78 is 38.9. The van der Waals surface area contributed by atoms with Crippen LogP contribution in [0.3, 0.4) is 0 Å². The molecule has 0 radical (unpaired) electrons. The first-order valence-electron chi connectivity index (χ1n) is 4.25. The number of ether oxygens (including phenoxy) is 1. The first-order chi connectivity index (χ1) is 7.29. The maximum Gasteiger partial charge on any atom is 0.491 e. The van der Waals surface area contributed by atoms with E-state index in [9.17, 15) is 22.8 Å². The third-order valence-electron chi connectivity index (χ3n) is 1.37. The molecule has 16 heavy (non-hydrogen) atoms. The lowest BCUT2D eigenvalue weighted by atomic mass is 10.4. The number of carbonyl (C=O) groups excluding carboxylic acids is 2. The molecule has 0 fully saturated rings. The number of halogens is 3. The number of nitrogens with one attached hydrogen (secondary N) is 1. The molecule has 0 saturated heterocycles. The Kier molecular flexibility index (Phi) is 5.51. The minimum Gasteiger partial charge on any atom is -0.415 e. The Labute approximate surface area is 89.4 Å². The summed E-state index contributed by atoms with van der Waals surface area (Å²) >= 11 is 0. The van der Waals surface area contributed by atoms with Gasteiger partial charge in [0.1, 0.15) is 0 Å². The van der Waals surface area contributed by atoms with Crippen LogP contribution in [0.2, 0.25) is 0 Å². The van der Waals surface area contributed by atoms with Crippen molar-refractivity contribution >= 4 is 11.9 Å². The fraction of sp³-hybridized carbons (Fsp3) is 0.500. The van der Waals surface area contributed by atoms with E-state index >= 15 is 0 Å². The number of amides is 1. The van der Waals surface area contributed by atoms with Gasteiger partial charge in [0.15, 0.2) is 5.76 Å². The average Bonchev–Trinajstić information content (AvgIpc) is 2.16. The smallest absolute Gasteiger partial charge is 0.415 e. The normalized spacial score (nSPS) is 10.8. The van der Waals surface area contributed by atoms with Crippen molar-refractivity contribution in [2.75, 3.05) is 13.1 Å². The van der Waals surface area contributed by atoms with Crippen LogP contribution in [0, 0.1) is 0 Å². The van der Waals surface area contributed by atoms with E-state index in [1.807, 2.05) is 0 Å². The van der Waals surface area contributed by atoms with E-state index in [0.717, 1.165) is 0 Å². The second kappa shape index (κ2) is 6.11. The summed E-state index contributed by atoms with van der Waals surface area (Å²) in [4.78, 5) is 21.3. The summed E-state index contributed by atoms with van der Waals surface area (Å²) in [6.07, 6.45) is -4.70. The van der Waals surface area contributed by atoms with Crippen molar-refractivity contribution in [3.63, 3.8) is 0 Å². The highest BCUT2D eigenvalue weighted by molar-refractivity contribution is 5.93. The van der Waals surface area contributed by atoms with Crippen LogP contribution in [0.1, 0.15) is 6.42 Å². The molecule has 3 N–H and O–H groups in total.